The Morgan fingerprint density at radius 1 is 1.02 bits per heavy atom. The van der Waals surface area contributed by atoms with Crippen LogP contribution in [0.5, 0.6) is 5.88 Å². The van der Waals surface area contributed by atoms with Gasteiger partial charge in [-0.15, -0.1) is 0 Å². The predicted molar refractivity (Wildman–Crippen MR) is 165 cm³/mol. The second-order valence-corrected chi connectivity index (χ2v) is 11.9. The van der Waals surface area contributed by atoms with E-state index in [4.69, 9.17) is 9.15 Å². The van der Waals surface area contributed by atoms with E-state index >= 15 is 0 Å². The number of carbonyl (C=O) groups excluding carboxylic acids is 2. The molecule has 0 radical (unpaired) electrons. The number of hydrogen-bond acceptors (Lipinski definition) is 7. The molecule has 2 N–H and O–H groups in total. The van der Waals surface area contributed by atoms with Gasteiger partial charge in [-0.3, -0.25) is 4.79 Å². The summed E-state index contributed by atoms with van der Waals surface area (Å²) in [5, 5.41) is 5.01. The Bertz CT molecular complexity index is 1650. The van der Waals surface area contributed by atoms with E-state index in [1.165, 1.54) is 28.8 Å². The first kappa shape index (κ1) is 32.1. The van der Waals surface area contributed by atoms with Gasteiger partial charge in [0.15, 0.2) is 5.69 Å². The summed E-state index contributed by atoms with van der Waals surface area (Å²) in [7, 11) is 0. The molecule has 3 amide bonds. The average Bonchev–Trinajstić information content (AvgIpc) is 3.73. The number of nitrogens with zero attached hydrogens (tertiary/aromatic N) is 4. The van der Waals surface area contributed by atoms with E-state index < -0.39 is 29.6 Å². The minimum Gasteiger partial charge on any atom is -0.472 e. The molecule has 14 heteroatoms. The van der Waals surface area contributed by atoms with Crippen molar-refractivity contribution in [3.8, 4) is 5.88 Å². The normalized spacial score (nSPS) is 20.4. The van der Waals surface area contributed by atoms with E-state index in [1.807, 2.05) is 36.4 Å². The molecule has 2 aromatic heterocycles. The average molecular weight is 655 g/mol. The molecule has 10 nitrogen and oxygen atoms in total. The lowest BCUT2D eigenvalue weighted by Gasteiger charge is -2.31. The third-order valence-corrected chi connectivity index (χ3v) is 8.55. The zero-order valence-electron chi connectivity index (χ0n) is 25.6. The molecule has 0 bridgehead atoms. The molecule has 1 aromatic carbocycles. The lowest BCUT2D eigenvalue weighted by atomic mass is 9.90. The topological polar surface area (TPSA) is 113 Å². The number of nitrogens with one attached hydrogen (secondary N) is 2. The number of hydrogen-bond donors (Lipinski definition) is 2. The maximum Gasteiger partial charge on any atom is 0.437 e. The Hall–Kier alpha value is -4.88. The number of alkyl halides is 3. The van der Waals surface area contributed by atoms with Gasteiger partial charge in [0.1, 0.15) is 11.9 Å². The highest BCUT2D eigenvalue weighted by Gasteiger charge is 2.42. The van der Waals surface area contributed by atoms with Gasteiger partial charge in [0.25, 0.3) is 11.9 Å². The molecular weight excluding hydrogens is 620 g/mol. The minimum atomic E-state index is -4.91. The van der Waals surface area contributed by atoms with Crippen molar-refractivity contribution >= 4 is 23.6 Å². The number of ether oxygens (including phenoxy) is 1. The molecule has 2 saturated heterocycles. The van der Waals surface area contributed by atoms with Gasteiger partial charge in [-0.25, -0.2) is 14.2 Å². The van der Waals surface area contributed by atoms with Crippen LogP contribution in [0.1, 0.15) is 60.3 Å². The number of anilines is 2. The fourth-order valence-electron chi connectivity index (χ4n) is 5.95. The number of carbonyl (C=O) groups is 2. The molecule has 0 spiro atoms. The van der Waals surface area contributed by atoms with E-state index in [0.29, 0.717) is 45.3 Å². The second-order valence-electron chi connectivity index (χ2n) is 11.9. The van der Waals surface area contributed by atoms with Crippen LogP contribution in [0.4, 0.5) is 34.1 Å². The van der Waals surface area contributed by atoms with Crippen LogP contribution in [0.2, 0.25) is 0 Å². The molecule has 248 valence electrons. The third-order valence-electron chi connectivity index (χ3n) is 8.55. The number of aromatic nitrogens is 2. The molecule has 4 heterocycles. The van der Waals surface area contributed by atoms with E-state index in [0.717, 1.165) is 0 Å². The van der Waals surface area contributed by atoms with Gasteiger partial charge >= 0.3 is 12.2 Å². The Morgan fingerprint density at radius 3 is 2.49 bits per heavy atom. The van der Waals surface area contributed by atoms with Crippen LogP contribution in [0.25, 0.3) is 0 Å². The van der Waals surface area contributed by atoms with Crippen LogP contribution in [0.15, 0.2) is 76.8 Å². The maximum absolute atomic E-state index is 14.3. The van der Waals surface area contributed by atoms with Crippen molar-refractivity contribution in [1.29, 1.82) is 0 Å². The van der Waals surface area contributed by atoms with Crippen molar-refractivity contribution in [1.82, 2.24) is 20.2 Å². The summed E-state index contributed by atoms with van der Waals surface area (Å²) in [6.45, 7) is 3.25. The molecule has 0 saturated carbocycles. The standard InChI is InChI=1S/C33H34F4N6O4/c1-20-6-5-9-25(27(20)34)40-31(45)43-17-14-24(19-43)46-26-11-10-23(18-38-26)39-30(44)28-29(33(35,36)37)41-32(47-28)42-15-12-22(13-16-42)21-7-3-2-4-8-21/h2-5,7-11,18,20,22,24H,6,12-17,19H2,1H3,(H,39,44)(H,40,45). The lowest BCUT2D eigenvalue weighted by molar-refractivity contribution is -0.141. The number of likely N-dealkylation sites (tertiary alicyclic amines) is 1. The maximum atomic E-state index is 14.3. The molecule has 2 fully saturated rings. The smallest absolute Gasteiger partial charge is 0.437 e. The molecule has 1 aliphatic carbocycles. The Labute approximate surface area is 268 Å². The molecule has 47 heavy (non-hydrogen) atoms. The van der Waals surface area contributed by atoms with Crippen molar-refractivity contribution in [3.63, 3.8) is 0 Å². The zero-order valence-corrected chi connectivity index (χ0v) is 25.6. The number of urea groups is 1. The first-order valence-corrected chi connectivity index (χ1v) is 15.5. The minimum absolute atomic E-state index is 0.120. The molecule has 2 atom stereocenters. The van der Waals surface area contributed by atoms with Gasteiger partial charge in [-0.05, 0) is 42.9 Å². The number of piperidine rings is 1. The van der Waals surface area contributed by atoms with Gasteiger partial charge in [0.05, 0.1) is 24.1 Å². The number of benzene rings is 1. The summed E-state index contributed by atoms with van der Waals surface area (Å²) in [6.07, 6.45) is 1.83. The largest absolute Gasteiger partial charge is 0.472 e. The van der Waals surface area contributed by atoms with Crippen molar-refractivity contribution in [2.24, 2.45) is 5.92 Å². The van der Waals surface area contributed by atoms with E-state index in [1.54, 1.807) is 17.9 Å². The van der Waals surface area contributed by atoms with Crippen molar-refractivity contribution in [2.45, 2.75) is 50.8 Å². The highest BCUT2D eigenvalue weighted by molar-refractivity contribution is 6.03. The molecule has 2 aliphatic heterocycles. The van der Waals surface area contributed by atoms with E-state index in [2.05, 4.69) is 20.6 Å². The molecule has 3 aromatic rings. The van der Waals surface area contributed by atoms with Crippen LogP contribution in [-0.2, 0) is 6.18 Å². The molecule has 3 aliphatic rings. The van der Waals surface area contributed by atoms with Crippen molar-refractivity contribution < 1.29 is 36.3 Å². The number of halogens is 4. The lowest BCUT2D eigenvalue weighted by Crippen LogP contribution is -2.39. The summed E-state index contributed by atoms with van der Waals surface area (Å²) >= 11 is 0. The first-order chi connectivity index (χ1) is 22.5. The van der Waals surface area contributed by atoms with Crippen LogP contribution in [-0.4, -0.2) is 59.1 Å². The Balaban J connectivity index is 1.04. The van der Waals surface area contributed by atoms with Gasteiger partial charge < -0.3 is 29.6 Å². The third kappa shape index (κ3) is 7.42. The summed E-state index contributed by atoms with van der Waals surface area (Å²) in [5.41, 5.74) is 0.0527. The Morgan fingerprint density at radius 2 is 1.79 bits per heavy atom. The van der Waals surface area contributed by atoms with Crippen LogP contribution < -0.4 is 20.3 Å². The number of oxazole rings is 1. The van der Waals surface area contributed by atoms with Crippen LogP contribution >= 0.6 is 0 Å². The molecule has 2 unspecified atom stereocenters. The van der Waals surface area contributed by atoms with Gasteiger partial charge in [0.2, 0.25) is 11.6 Å². The SMILES string of the molecule is CC1CC=CC(NC(=O)N2CCC(Oc3ccc(NC(=O)c4oc(N5CCC(c6ccccc6)CC5)nc4C(F)(F)F)cn3)C2)=C1F. The van der Waals surface area contributed by atoms with Gasteiger partial charge in [-0.1, -0.05) is 43.3 Å². The summed E-state index contributed by atoms with van der Waals surface area (Å²) in [4.78, 5) is 36.6. The summed E-state index contributed by atoms with van der Waals surface area (Å²) in [5.74, 6) is -2.23. The van der Waals surface area contributed by atoms with Crippen LogP contribution in [0, 0.1) is 5.92 Å². The number of pyridine rings is 1. The Kier molecular flexibility index (Phi) is 9.19. The number of allylic oxidation sites excluding steroid dienone is 3. The highest BCUT2D eigenvalue weighted by Crippen LogP contribution is 2.36. The quantitative estimate of drug-likeness (QED) is 0.274. The molecule has 6 rings (SSSR count). The van der Waals surface area contributed by atoms with E-state index in [-0.39, 0.29) is 53.6 Å². The van der Waals surface area contributed by atoms with Crippen molar-refractivity contribution in [3.05, 3.63) is 89.4 Å². The number of amides is 3. The zero-order chi connectivity index (χ0) is 33.1. The second kappa shape index (κ2) is 13.5. The monoisotopic (exact) mass is 654 g/mol. The fourth-order valence-corrected chi connectivity index (χ4v) is 5.95. The van der Waals surface area contributed by atoms with E-state index in [9.17, 15) is 27.2 Å². The van der Waals surface area contributed by atoms with Gasteiger partial charge in [-0.2, -0.15) is 18.2 Å². The van der Waals surface area contributed by atoms with Crippen LogP contribution in [0.3, 0.4) is 0 Å². The highest BCUT2D eigenvalue weighted by atomic mass is 19.4. The number of rotatable bonds is 7. The first-order valence-electron chi connectivity index (χ1n) is 15.5. The van der Waals surface area contributed by atoms with Crippen molar-refractivity contribution in [2.75, 3.05) is 36.4 Å². The van der Waals surface area contributed by atoms with Gasteiger partial charge in [0, 0.05) is 38.0 Å². The summed E-state index contributed by atoms with van der Waals surface area (Å²) < 4.78 is 67.3. The fraction of sp³-hybridized carbons (Fsp3) is 0.394. The summed E-state index contributed by atoms with van der Waals surface area (Å²) in [6, 6.07) is 12.1. The predicted octanol–water partition coefficient (Wildman–Crippen LogP) is 6.66. The molecular formula is C33H34F4N6O4.